The highest BCUT2D eigenvalue weighted by atomic mass is 32.2. The fourth-order valence-corrected chi connectivity index (χ4v) is 5.14. The van der Waals surface area contributed by atoms with E-state index in [4.69, 9.17) is 23.7 Å². The van der Waals surface area contributed by atoms with Gasteiger partial charge in [0.1, 0.15) is 18.0 Å². The molecule has 0 fully saturated rings. The maximum Gasteiger partial charge on any atom is 0.340 e. The summed E-state index contributed by atoms with van der Waals surface area (Å²) in [6.45, 7) is 1.17. The minimum absolute atomic E-state index is 0.0153. The number of rotatable bonds is 11. The second-order valence-electron chi connectivity index (χ2n) is 8.16. The zero-order chi connectivity index (χ0) is 28.7. The van der Waals surface area contributed by atoms with Crippen LogP contribution >= 0.6 is 0 Å². The van der Waals surface area contributed by atoms with E-state index in [0.29, 0.717) is 5.75 Å². The lowest BCUT2D eigenvalue weighted by atomic mass is 10.1. The minimum atomic E-state index is -4.25. The monoisotopic (exact) mass is 558 g/mol. The molecule has 0 aliphatic rings. The van der Waals surface area contributed by atoms with E-state index in [1.54, 1.807) is 18.2 Å². The van der Waals surface area contributed by atoms with Gasteiger partial charge in [0.05, 0.1) is 57.4 Å². The van der Waals surface area contributed by atoms with Crippen molar-refractivity contribution in [1.29, 1.82) is 0 Å². The summed E-state index contributed by atoms with van der Waals surface area (Å²) in [4.78, 5) is 25.8. The Labute approximate surface area is 227 Å². The van der Waals surface area contributed by atoms with Crippen molar-refractivity contribution in [1.82, 2.24) is 0 Å². The molecule has 0 saturated carbocycles. The third-order valence-corrected chi connectivity index (χ3v) is 7.53. The summed E-state index contributed by atoms with van der Waals surface area (Å²) in [5.74, 6) is -0.419. The molecule has 3 rings (SSSR count). The molecule has 0 bridgehead atoms. The van der Waals surface area contributed by atoms with E-state index >= 15 is 0 Å². The summed E-state index contributed by atoms with van der Waals surface area (Å²) in [6, 6.07) is 13.5. The highest BCUT2D eigenvalue weighted by Gasteiger charge is 2.30. The molecule has 0 radical (unpaired) electrons. The molecule has 208 valence electrons. The predicted octanol–water partition coefficient (Wildman–Crippen LogP) is 3.65. The zero-order valence-corrected chi connectivity index (χ0v) is 23.2. The average Bonchev–Trinajstić information content (AvgIpc) is 2.95. The molecule has 39 heavy (non-hydrogen) atoms. The highest BCUT2D eigenvalue weighted by Crippen LogP contribution is 2.36. The summed E-state index contributed by atoms with van der Waals surface area (Å²) in [5, 5.41) is 2.60. The molecule has 1 N–H and O–H groups in total. The van der Waals surface area contributed by atoms with E-state index < -0.39 is 28.4 Å². The molecule has 12 heteroatoms. The van der Waals surface area contributed by atoms with Crippen LogP contribution < -0.4 is 28.6 Å². The van der Waals surface area contributed by atoms with Gasteiger partial charge in [-0.25, -0.2) is 13.2 Å². The molecule has 3 aromatic carbocycles. The fourth-order valence-electron chi connectivity index (χ4n) is 3.71. The van der Waals surface area contributed by atoms with E-state index in [1.807, 2.05) is 6.92 Å². The Kier molecular flexibility index (Phi) is 9.25. The van der Waals surface area contributed by atoms with Gasteiger partial charge in [-0.3, -0.25) is 9.10 Å². The van der Waals surface area contributed by atoms with Gasteiger partial charge in [-0.1, -0.05) is 17.7 Å². The van der Waals surface area contributed by atoms with E-state index in [-0.39, 0.29) is 39.1 Å². The van der Waals surface area contributed by atoms with Crippen molar-refractivity contribution in [2.45, 2.75) is 11.8 Å². The lowest BCUT2D eigenvalue weighted by Gasteiger charge is -2.26. The summed E-state index contributed by atoms with van der Waals surface area (Å²) >= 11 is 0. The summed E-state index contributed by atoms with van der Waals surface area (Å²) in [6.07, 6.45) is 0. The number of methoxy groups -OCH3 is 5. The maximum absolute atomic E-state index is 13.8. The first kappa shape index (κ1) is 29.1. The number of hydrogen-bond donors (Lipinski definition) is 1. The second kappa shape index (κ2) is 12.4. The van der Waals surface area contributed by atoms with Gasteiger partial charge in [-0.15, -0.1) is 0 Å². The Balaban J connectivity index is 2.09. The van der Waals surface area contributed by atoms with Gasteiger partial charge >= 0.3 is 5.97 Å². The Morgan fingerprint density at radius 2 is 1.41 bits per heavy atom. The van der Waals surface area contributed by atoms with Gasteiger partial charge in [-0.2, -0.15) is 0 Å². The lowest BCUT2D eigenvalue weighted by molar-refractivity contribution is -0.114. The molecule has 0 unspecified atom stereocenters. The minimum Gasteiger partial charge on any atom is -0.497 e. The Hall–Kier alpha value is -4.45. The smallest absolute Gasteiger partial charge is 0.340 e. The normalized spacial score (nSPS) is 10.8. The molecule has 0 aliphatic carbocycles. The number of esters is 1. The molecule has 0 aliphatic heterocycles. The largest absolute Gasteiger partial charge is 0.497 e. The number of nitrogens with zero attached hydrogens (tertiary/aromatic N) is 1. The van der Waals surface area contributed by atoms with Gasteiger partial charge in [0, 0.05) is 18.2 Å². The molecular formula is C27H30N2O9S. The van der Waals surface area contributed by atoms with Crippen LogP contribution in [0.3, 0.4) is 0 Å². The third kappa shape index (κ3) is 6.34. The fraction of sp³-hybridized carbons (Fsp3) is 0.259. The van der Waals surface area contributed by atoms with Crippen LogP contribution in [-0.4, -0.2) is 62.4 Å². The molecule has 0 atom stereocenters. The quantitative estimate of drug-likeness (QED) is 0.351. The molecule has 0 spiro atoms. The number of ether oxygens (including phenoxy) is 5. The van der Waals surface area contributed by atoms with Gasteiger partial charge < -0.3 is 29.0 Å². The summed E-state index contributed by atoms with van der Waals surface area (Å²) in [7, 11) is 2.57. The highest BCUT2D eigenvalue weighted by molar-refractivity contribution is 7.92. The van der Waals surface area contributed by atoms with E-state index in [2.05, 4.69) is 5.32 Å². The van der Waals surface area contributed by atoms with Crippen molar-refractivity contribution in [3.8, 4) is 23.0 Å². The number of carbonyl (C=O) groups is 2. The van der Waals surface area contributed by atoms with Crippen LogP contribution in [0.25, 0.3) is 0 Å². The lowest BCUT2D eigenvalue weighted by Crippen LogP contribution is -2.38. The van der Waals surface area contributed by atoms with Crippen LogP contribution in [0.4, 0.5) is 11.4 Å². The summed E-state index contributed by atoms with van der Waals surface area (Å²) in [5.41, 5.74) is 0.996. The number of aryl methyl sites for hydroxylation is 1. The van der Waals surface area contributed by atoms with Gasteiger partial charge in [0.15, 0.2) is 11.5 Å². The van der Waals surface area contributed by atoms with Gasteiger partial charge in [-0.05, 0) is 31.2 Å². The number of sulfonamides is 1. The maximum atomic E-state index is 13.8. The van der Waals surface area contributed by atoms with Crippen LogP contribution in [0.1, 0.15) is 15.9 Å². The van der Waals surface area contributed by atoms with E-state index in [1.165, 1.54) is 71.9 Å². The second-order valence-corrected chi connectivity index (χ2v) is 10.0. The average molecular weight is 559 g/mol. The third-order valence-electron chi connectivity index (χ3n) is 5.75. The Morgan fingerprint density at radius 3 is 1.97 bits per heavy atom. The number of hydrogen-bond acceptors (Lipinski definition) is 9. The number of amides is 1. The summed E-state index contributed by atoms with van der Waals surface area (Å²) < 4.78 is 54.6. The number of anilines is 2. The van der Waals surface area contributed by atoms with Crippen molar-refractivity contribution in [3.05, 3.63) is 65.7 Å². The molecular weight excluding hydrogens is 528 g/mol. The predicted molar refractivity (Wildman–Crippen MR) is 145 cm³/mol. The van der Waals surface area contributed by atoms with E-state index in [9.17, 15) is 18.0 Å². The first-order valence-electron chi connectivity index (χ1n) is 11.5. The number of nitrogens with one attached hydrogen (secondary N) is 1. The van der Waals surface area contributed by atoms with E-state index in [0.717, 1.165) is 9.87 Å². The SMILES string of the molecule is COC(=O)c1cc(OC)c(OC)cc1NC(=O)CN(c1ccc(OC)cc1OC)S(=O)(=O)c1ccc(C)cc1. The molecule has 1 amide bonds. The molecule has 0 saturated heterocycles. The topological polar surface area (TPSA) is 130 Å². The van der Waals surface area contributed by atoms with Crippen molar-refractivity contribution in [2.24, 2.45) is 0 Å². The first-order chi connectivity index (χ1) is 18.6. The Bertz CT molecular complexity index is 1450. The van der Waals surface area contributed by atoms with Crippen LogP contribution in [0.5, 0.6) is 23.0 Å². The van der Waals surface area contributed by atoms with Crippen molar-refractivity contribution in [3.63, 3.8) is 0 Å². The van der Waals surface area contributed by atoms with Gasteiger partial charge in [0.2, 0.25) is 5.91 Å². The Morgan fingerprint density at radius 1 is 0.795 bits per heavy atom. The van der Waals surface area contributed by atoms with Crippen molar-refractivity contribution >= 4 is 33.3 Å². The van der Waals surface area contributed by atoms with Crippen LogP contribution in [0.2, 0.25) is 0 Å². The molecule has 11 nitrogen and oxygen atoms in total. The molecule has 0 aromatic heterocycles. The van der Waals surface area contributed by atoms with Crippen molar-refractivity contribution < 1.29 is 41.7 Å². The number of benzene rings is 3. The van der Waals surface area contributed by atoms with Gasteiger partial charge in [0.25, 0.3) is 10.0 Å². The first-order valence-corrected chi connectivity index (χ1v) is 13.0. The molecule has 3 aromatic rings. The van der Waals surface area contributed by atoms with Crippen LogP contribution in [0.15, 0.2) is 59.5 Å². The molecule has 0 heterocycles. The zero-order valence-electron chi connectivity index (χ0n) is 22.4. The van der Waals surface area contributed by atoms with Crippen LogP contribution in [-0.2, 0) is 19.6 Å². The van der Waals surface area contributed by atoms with Crippen molar-refractivity contribution in [2.75, 3.05) is 51.7 Å². The standard InChI is InChI=1S/C27H30N2O9S/c1-17-7-10-19(11-8-17)39(32,33)29(22-12-9-18(34-2)13-23(22)35-3)16-26(30)28-21-15-25(37-5)24(36-4)14-20(21)27(31)38-6/h7-15H,16H2,1-6H3,(H,28,30). The van der Waals surface area contributed by atoms with Crippen LogP contribution in [0, 0.1) is 6.92 Å². The number of carbonyl (C=O) groups excluding carboxylic acids is 2.